The molecule has 0 spiro atoms. The highest BCUT2D eigenvalue weighted by molar-refractivity contribution is 5.69. The lowest BCUT2D eigenvalue weighted by atomic mass is 10.1. The monoisotopic (exact) mass is 287 g/mol. The molecule has 4 nitrogen and oxygen atoms in total. The summed E-state index contributed by atoms with van der Waals surface area (Å²) >= 11 is 0. The maximum absolute atomic E-state index is 12.4. The highest BCUT2D eigenvalue weighted by atomic mass is 16.6. The molecule has 0 heterocycles. The van der Waals surface area contributed by atoms with Gasteiger partial charge in [-0.2, -0.15) is 0 Å². The Bertz CT molecular complexity index is 581. The summed E-state index contributed by atoms with van der Waals surface area (Å²) in [4.78, 5) is 14.0. The third kappa shape index (κ3) is 3.49. The molecular formula is C17H21NO3. The Labute approximate surface area is 125 Å². The van der Waals surface area contributed by atoms with E-state index >= 15 is 0 Å². The molecule has 0 saturated heterocycles. The van der Waals surface area contributed by atoms with Gasteiger partial charge in [0.15, 0.2) is 0 Å². The number of carbonyl (C=O) groups excluding carboxylic acids is 1. The van der Waals surface area contributed by atoms with Gasteiger partial charge in [-0.1, -0.05) is 12.0 Å². The van der Waals surface area contributed by atoms with Gasteiger partial charge in [0.05, 0.1) is 12.6 Å². The number of hydrogen-bond donors (Lipinski definition) is 1. The number of benzene rings is 1. The zero-order chi connectivity index (χ0) is 15.6. The normalized spacial score (nSPS) is 17.0. The van der Waals surface area contributed by atoms with Crippen molar-refractivity contribution in [3.63, 3.8) is 0 Å². The molecule has 1 unspecified atom stereocenters. The summed E-state index contributed by atoms with van der Waals surface area (Å²) in [7, 11) is 0. The van der Waals surface area contributed by atoms with Gasteiger partial charge in [0.1, 0.15) is 11.4 Å². The number of fused-ring (bicyclic) bond motifs is 1. The fourth-order valence-corrected chi connectivity index (χ4v) is 2.63. The van der Waals surface area contributed by atoms with Crippen LogP contribution in [0.5, 0.6) is 5.75 Å². The van der Waals surface area contributed by atoms with E-state index in [1.807, 2.05) is 26.8 Å². The summed E-state index contributed by atoms with van der Waals surface area (Å²) in [6.45, 7) is 5.71. The highest BCUT2D eigenvalue weighted by Gasteiger charge is 2.33. The summed E-state index contributed by atoms with van der Waals surface area (Å²) in [6, 6.07) is 5.15. The largest absolute Gasteiger partial charge is 0.508 e. The van der Waals surface area contributed by atoms with Gasteiger partial charge in [0, 0.05) is 0 Å². The number of phenolic OH excluding ortho intramolecular Hbond substituents is 1. The first-order valence-electron chi connectivity index (χ1n) is 7.06. The summed E-state index contributed by atoms with van der Waals surface area (Å²) in [5.41, 5.74) is 1.54. The summed E-state index contributed by atoms with van der Waals surface area (Å²) in [5, 5.41) is 9.55. The Hall–Kier alpha value is -2.15. The number of rotatable bonds is 2. The van der Waals surface area contributed by atoms with Crippen molar-refractivity contribution in [1.29, 1.82) is 0 Å². The minimum Gasteiger partial charge on any atom is -0.508 e. The molecular weight excluding hydrogens is 266 g/mol. The van der Waals surface area contributed by atoms with Crippen LogP contribution < -0.4 is 0 Å². The van der Waals surface area contributed by atoms with Gasteiger partial charge in [-0.05, 0) is 56.9 Å². The second kappa shape index (κ2) is 5.69. The minimum atomic E-state index is -0.555. The van der Waals surface area contributed by atoms with E-state index in [-0.39, 0.29) is 18.3 Å². The minimum absolute atomic E-state index is 0.0912. The Morgan fingerprint density at radius 2 is 2.24 bits per heavy atom. The van der Waals surface area contributed by atoms with Gasteiger partial charge in [-0.15, -0.1) is 6.42 Å². The number of carbonyl (C=O) groups is 1. The number of amides is 1. The van der Waals surface area contributed by atoms with Crippen molar-refractivity contribution in [2.45, 2.75) is 45.3 Å². The van der Waals surface area contributed by atoms with E-state index < -0.39 is 11.7 Å². The Balaban J connectivity index is 2.25. The van der Waals surface area contributed by atoms with Gasteiger partial charge in [-0.3, -0.25) is 4.90 Å². The van der Waals surface area contributed by atoms with Crippen molar-refractivity contribution in [3.05, 3.63) is 29.3 Å². The Kier molecular flexibility index (Phi) is 4.13. The van der Waals surface area contributed by atoms with Crippen LogP contribution in [0.4, 0.5) is 4.79 Å². The lowest BCUT2D eigenvalue weighted by Crippen LogP contribution is -2.39. The van der Waals surface area contributed by atoms with Crippen LogP contribution in [-0.2, 0) is 11.2 Å². The number of aryl methyl sites for hydroxylation is 1. The number of hydrogen-bond acceptors (Lipinski definition) is 3. The maximum Gasteiger partial charge on any atom is 0.411 e. The van der Waals surface area contributed by atoms with Crippen LogP contribution in [0.3, 0.4) is 0 Å². The van der Waals surface area contributed by atoms with Crippen LogP contribution in [0.2, 0.25) is 0 Å². The van der Waals surface area contributed by atoms with E-state index in [2.05, 4.69) is 5.92 Å². The average Bonchev–Trinajstić information content (AvgIpc) is 2.76. The number of nitrogens with zero attached hydrogens (tertiary/aromatic N) is 1. The predicted molar refractivity (Wildman–Crippen MR) is 80.9 cm³/mol. The molecule has 2 rings (SSSR count). The van der Waals surface area contributed by atoms with Gasteiger partial charge >= 0.3 is 6.09 Å². The third-order valence-electron chi connectivity index (χ3n) is 3.44. The molecule has 1 aliphatic rings. The van der Waals surface area contributed by atoms with E-state index in [1.165, 1.54) is 0 Å². The van der Waals surface area contributed by atoms with Crippen molar-refractivity contribution in [1.82, 2.24) is 4.90 Å². The van der Waals surface area contributed by atoms with Crippen LogP contribution in [0.1, 0.15) is 44.4 Å². The molecule has 0 saturated carbocycles. The summed E-state index contributed by atoms with van der Waals surface area (Å²) < 4.78 is 5.45. The van der Waals surface area contributed by atoms with E-state index in [4.69, 9.17) is 11.2 Å². The quantitative estimate of drug-likeness (QED) is 0.849. The van der Waals surface area contributed by atoms with Crippen LogP contribution >= 0.6 is 0 Å². The average molecular weight is 287 g/mol. The number of aromatic hydroxyl groups is 1. The van der Waals surface area contributed by atoms with Gasteiger partial charge < -0.3 is 9.84 Å². The predicted octanol–water partition coefficient (Wildman–Crippen LogP) is 3.25. The molecule has 1 atom stereocenters. The van der Waals surface area contributed by atoms with E-state index in [0.717, 1.165) is 24.0 Å². The SMILES string of the molecule is C#CCN(C(=O)OC(C)(C)C)C1CCc2cc(O)ccc21. The molecule has 1 amide bonds. The Morgan fingerprint density at radius 3 is 2.86 bits per heavy atom. The zero-order valence-corrected chi connectivity index (χ0v) is 12.7. The second-order valence-electron chi connectivity index (χ2n) is 6.25. The van der Waals surface area contributed by atoms with E-state index in [1.54, 1.807) is 17.0 Å². The first-order valence-corrected chi connectivity index (χ1v) is 7.06. The van der Waals surface area contributed by atoms with Crippen molar-refractivity contribution in [2.24, 2.45) is 0 Å². The van der Waals surface area contributed by atoms with Crippen LogP contribution in [0.25, 0.3) is 0 Å². The third-order valence-corrected chi connectivity index (χ3v) is 3.44. The molecule has 4 heteroatoms. The second-order valence-corrected chi connectivity index (χ2v) is 6.25. The van der Waals surface area contributed by atoms with Crippen molar-refractivity contribution < 1.29 is 14.6 Å². The van der Waals surface area contributed by atoms with Gasteiger partial charge in [-0.25, -0.2) is 4.79 Å². The van der Waals surface area contributed by atoms with Gasteiger partial charge in [0.2, 0.25) is 0 Å². The number of ether oxygens (including phenoxy) is 1. The maximum atomic E-state index is 12.4. The molecule has 1 aromatic rings. The van der Waals surface area contributed by atoms with Crippen molar-refractivity contribution in [3.8, 4) is 18.1 Å². The fraction of sp³-hybridized carbons (Fsp3) is 0.471. The zero-order valence-electron chi connectivity index (χ0n) is 12.7. The lowest BCUT2D eigenvalue weighted by molar-refractivity contribution is 0.0190. The number of terminal acetylenes is 1. The van der Waals surface area contributed by atoms with Crippen molar-refractivity contribution in [2.75, 3.05) is 6.54 Å². The molecule has 1 N–H and O–H groups in total. The van der Waals surface area contributed by atoms with Gasteiger partial charge in [0.25, 0.3) is 0 Å². The first kappa shape index (κ1) is 15.2. The molecule has 0 aromatic heterocycles. The lowest BCUT2D eigenvalue weighted by Gasteiger charge is -2.30. The summed E-state index contributed by atoms with van der Waals surface area (Å²) in [6.07, 6.45) is 6.62. The number of phenols is 1. The molecule has 0 bridgehead atoms. The molecule has 0 radical (unpaired) electrons. The molecule has 1 aromatic carbocycles. The van der Waals surface area contributed by atoms with Crippen molar-refractivity contribution >= 4 is 6.09 Å². The molecule has 21 heavy (non-hydrogen) atoms. The molecule has 0 aliphatic heterocycles. The van der Waals surface area contributed by atoms with Crippen LogP contribution in [-0.4, -0.2) is 28.2 Å². The highest BCUT2D eigenvalue weighted by Crippen LogP contribution is 2.37. The molecule has 112 valence electrons. The first-order chi connectivity index (χ1) is 9.81. The van der Waals surface area contributed by atoms with E-state index in [9.17, 15) is 9.90 Å². The molecule has 1 aliphatic carbocycles. The fourth-order valence-electron chi connectivity index (χ4n) is 2.63. The summed E-state index contributed by atoms with van der Waals surface area (Å²) in [5.74, 6) is 2.77. The smallest absolute Gasteiger partial charge is 0.411 e. The molecule has 0 fully saturated rings. The van der Waals surface area contributed by atoms with Crippen LogP contribution in [0, 0.1) is 12.3 Å². The van der Waals surface area contributed by atoms with E-state index in [0.29, 0.717) is 0 Å². The standard InChI is InChI=1S/C17H21NO3/c1-5-10-18(16(20)21-17(2,3)4)15-9-6-12-11-13(19)7-8-14(12)15/h1,7-8,11,15,19H,6,9-10H2,2-4H3. The van der Waals surface area contributed by atoms with Crippen LogP contribution in [0.15, 0.2) is 18.2 Å². The Morgan fingerprint density at radius 1 is 1.52 bits per heavy atom. The topological polar surface area (TPSA) is 49.8 Å².